The summed E-state index contributed by atoms with van der Waals surface area (Å²) in [5.74, 6) is -1.18. The Bertz CT molecular complexity index is 583. The van der Waals surface area contributed by atoms with E-state index in [4.69, 9.17) is 5.11 Å². The SMILES string of the molecule is Cl.O=C(O)c1ccc(=O)n(-c2ccncc2)n1. The van der Waals surface area contributed by atoms with Crippen molar-refractivity contribution in [2.24, 2.45) is 0 Å². The molecule has 2 aromatic heterocycles. The number of hydrogen-bond acceptors (Lipinski definition) is 4. The van der Waals surface area contributed by atoms with Crippen LogP contribution in [0.4, 0.5) is 0 Å². The number of pyridine rings is 1. The molecule has 0 spiro atoms. The van der Waals surface area contributed by atoms with Gasteiger partial charge in [0.25, 0.3) is 5.56 Å². The Labute approximate surface area is 102 Å². The number of hydrogen-bond donors (Lipinski definition) is 1. The Morgan fingerprint density at radius 3 is 2.41 bits per heavy atom. The average molecular weight is 254 g/mol. The number of aromatic nitrogens is 3. The van der Waals surface area contributed by atoms with Crippen LogP contribution >= 0.6 is 12.4 Å². The smallest absolute Gasteiger partial charge is 0.356 e. The van der Waals surface area contributed by atoms with Gasteiger partial charge in [-0.3, -0.25) is 9.78 Å². The van der Waals surface area contributed by atoms with Crippen LogP contribution in [-0.2, 0) is 0 Å². The summed E-state index contributed by atoms with van der Waals surface area (Å²) in [5.41, 5.74) is -0.101. The van der Waals surface area contributed by atoms with Gasteiger partial charge in [-0.25, -0.2) is 4.79 Å². The summed E-state index contributed by atoms with van der Waals surface area (Å²) >= 11 is 0. The van der Waals surface area contributed by atoms with Gasteiger partial charge in [0.15, 0.2) is 5.69 Å². The molecule has 0 atom stereocenters. The topological polar surface area (TPSA) is 85.1 Å². The van der Waals surface area contributed by atoms with Crippen LogP contribution in [0.1, 0.15) is 10.5 Å². The van der Waals surface area contributed by atoms with Crippen LogP contribution in [0.3, 0.4) is 0 Å². The Hall–Kier alpha value is -2.21. The van der Waals surface area contributed by atoms with E-state index in [9.17, 15) is 9.59 Å². The summed E-state index contributed by atoms with van der Waals surface area (Å²) in [4.78, 5) is 26.0. The van der Waals surface area contributed by atoms with Gasteiger partial charge in [0.1, 0.15) is 0 Å². The van der Waals surface area contributed by atoms with E-state index in [0.717, 1.165) is 10.7 Å². The van der Waals surface area contributed by atoms with Crippen molar-refractivity contribution in [3.8, 4) is 5.69 Å². The normalized spacial score (nSPS) is 9.41. The van der Waals surface area contributed by atoms with E-state index >= 15 is 0 Å². The van der Waals surface area contributed by atoms with Gasteiger partial charge in [-0.2, -0.15) is 9.78 Å². The molecule has 0 saturated carbocycles. The van der Waals surface area contributed by atoms with E-state index in [-0.39, 0.29) is 18.1 Å². The van der Waals surface area contributed by atoms with Gasteiger partial charge in [0.05, 0.1) is 5.69 Å². The highest BCUT2D eigenvalue weighted by molar-refractivity contribution is 5.85. The molecule has 2 rings (SSSR count). The monoisotopic (exact) mass is 253 g/mol. The summed E-state index contributed by atoms with van der Waals surface area (Å²) in [6, 6.07) is 5.47. The maximum Gasteiger partial charge on any atom is 0.356 e. The highest BCUT2D eigenvalue weighted by atomic mass is 35.5. The lowest BCUT2D eigenvalue weighted by Gasteiger charge is -2.03. The number of carboxylic acid groups (broad SMARTS) is 1. The van der Waals surface area contributed by atoms with Crippen LogP contribution in [0.25, 0.3) is 5.69 Å². The second-order valence-corrected chi connectivity index (χ2v) is 2.98. The molecule has 0 saturated heterocycles. The highest BCUT2D eigenvalue weighted by Crippen LogP contribution is 2.00. The first-order valence-electron chi connectivity index (χ1n) is 4.42. The van der Waals surface area contributed by atoms with E-state index in [1.807, 2.05) is 0 Å². The van der Waals surface area contributed by atoms with Crippen molar-refractivity contribution in [2.45, 2.75) is 0 Å². The number of carboxylic acids is 1. The molecule has 1 N–H and O–H groups in total. The number of rotatable bonds is 2. The Morgan fingerprint density at radius 2 is 1.82 bits per heavy atom. The van der Waals surface area contributed by atoms with Gasteiger partial charge in [0, 0.05) is 18.5 Å². The third-order valence-corrected chi connectivity index (χ3v) is 1.93. The maximum atomic E-state index is 11.5. The van der Waals surface area contributed by atoms with E-state index in [0.29, 0.717) is 5.69 Å². The number of halogens is 1. The Kier molecular flexibility index (Phi) is 3.95. The molecule has 0 unspecified atom stereocenters. The average Bonchev–Trinajstić information content (AvgIpc) is 2.30. The zero-order valence-electron chi connectivity index (χ0n) is 8.48. The zero-order chi connectivity index (χ0) is 11.5. The van der Waals surface area contributed by atoms with Crippen LogP contribution in [0, 0.1) is 0 Å². The second kappa shape index (κ2) is 5.22. The van der Waals surface area contributed by atoms with Crippen LogP contribution in [0.5, 0.6) is 0 Å². The molecule has 0 aliphatic rings. The van der Waals surface area contributed by atoms with Gasteiger partial charge in [0.2, 0.25) is 0 Å². The third-order valence-electron chi connectivity index (χ3n) is 1.93. The molecule has 6 nitrogen and oxygen atoms in total. The first-order chi connectivity index (χ1) is 7.68. The van der Waals surface area contributed by atoms with Crippen molar-refractivity contribution >= 4 is 18.4 Å². The van der Waals surface area contributed by atoms with E-state index in [1.54, 1.807) is 12.1 Å². The van der Waals surface area contributed by atoms with E-state index in [1.165, 1.54) is 18.5 Å². The van der Waals surface area contributed by atoms with Crippen LogP contribution in [0.2, 0.25) is 0 Å². The zero-order valence-corrected chi connectivity index (χ0v) is 9.29. The standard InChI is InChI=1S/C10H7N3O3.ClH/c14-9-2-1-8(10(15)16)12-13(9)7-3-5-11-6-4-7;/h1-6H,(H,15,16);1H. The lowest BCUT2D eigenvalue weighted by molar-refractivity contribution is 0.0688. The molecule has 2 aromatic rings. The Morgan fingerprint density at radius 1 is 1.18 bits per heavy atom. The molecular weight excluding hydrogens is 246 g/mol. The summed E-state index contributed by atoms with van der Waals surface area (Å²) < 4.78 is 1.02. The number of aromatic carboxylic acids is 1. The van der Waals surface area contributed by atoms with Crippen LogP contribution < -0.4 is 5.56 Å². The fraction of sp³-hybridized carbons (Fsp3) is 0. The number of carbonyl (C=O) groups is 1. The quantitative estimate of drug-likeness (QED) is 0.854. The largest absolute Gasteiger partial charge is 0.476 e. The molecule has 0 aliphatic carbocycles. The van der Waals surface area contributed by atoms with Gasteiger partial charge in [-0.15, -0.1) is 12.4 Å². The Balaban J connectivity index is 0.00000144. The van der Waals surface area contributed by atoms with Crippen molar-refractivity contribution in [3.63, 3.8) is 0 Å². The minimum absolute atomic E-state index is 0. The molecule has 0 bridgehead atoms. The fourth-order valence-corrected chi connectivity index (χ4v) is 1.20. The second-order valence-electron chi connectivity index (χ2n) is 2.98. The lowest BCUT2D eigenvalue weighted by atomic mass is 10.3. The van der Waals surface area contributed by atoms with E-state index < -0.39 is 11.5 Å². The van der Waals surface area contributed by atoms with Crippen LogP contribution in [0.15, 0.2) is 41.5 Å². The molecule has 0 aliphatic heterocycles. The van der Waals surface area contributed by atoms with Crippen molar-refractivity contribution < 1.29 is 9.90 Å². The predicted molar refractivity (Wildman–Crippen MR) is 61.8 cm³/mol. The van der Waals surface area contributed by atoms with Crippen molar-refractivity contribution in [1.29, 1.82) is 0 Å². The summed E-state index contributed by atoms with van der Waals surface area (Å²) in [5, 5.41) is 12.5. The summed E-state index contributed by atoms with van der Waals surface area (Å²) in [6.45, 7) is 0. The van der Waals surface area contributed by atoms with Crippen molar-refractivity contribution in [3.05, 3.63) is 52.7 Å². The number of nitrogens with zero attached hydrogens (tertiary/aromatic N) is 3. The fourth-order valence-electron chi connectivity index (χ4n) is 1.20. The summed E-state index contributed by atoms with van der Waals surface area (Å²) in [7, 11) is 0. The molecule has 0 amide bonds. The van der Waals surface area contributed by atoms with Gasteiger partial charge in [-0.1, -0.05) is 0 Å². The minimum Gasteiger partial charge on any atom is -0.476 e. The molecule has 7 heteroatoms. The van der Waals surface area contributed by atoms with E-state index in [2.05, 4.69) is 10.1 Å². The van der Waals surface area contributed by atoms with Gasteiger partial charge in [-0.05, 0) is 18.2 Å². The molecule has 88 valence electrons. The molecule has 17 heavy (non-hydrogen) atoms. The lowest BCUT2D eigenvalue weighted by Crippen LogP contribution is -2.22. The van der Waals surface area contributed by atoms with Crippen LogP contribution in [-0.4, -0.2) is 25.8 Å². The summed E-state index contributed by atoms with van der Waals surface area (Å²) in [6.07, 6.45) is 2.99. The van der Waals surface area contributed by atoms with Crippen molar-refractivity contribution in [1.82, 2.24) is 14.8 Å². The third kappa shape index (κ3) is 2.67. The maximum absolute atomic E-state index is 11.5. The van der Waals surface area contributed by atoms with Gasteiger partial charge >= 0.3 is 5.97 Å². The predicted octanol–water partition coefficient (Wildman–Crippen LogP) is 0.747. The first kappa shape index (κ1) is 12.9. The minimum atomic E-state index is -1.18. The van der Waals surface area contributed by atoms with Gasteiger partial charge < -0.3 is 5.11 Å². The van der Waals surface area contributed by atoms with Crippen molar-refractivity contribution in [2.75, 3.05) is 0 Å². The molecular formula is C10H8ClN3O3. The molecule has 0 radical (unpaired) electrons. The molecule has 2 heterocycles. The molecule has 0 aromatic carbocycles. The molecule has 0 fully saturated rings. The first-order valence-corrected chi connectivity index (χ1v) is 4.42. The highest BCUT2D eigenvalue weighted by Gasteiger charge is 2.07.